The fourth-order valence-corrected chi connectivity index (χ4v) is 1.28. The van der Waals surface area contributed by atoms with Crippen molar-refractivity contribution in [3.63, 3.8) is 0 Å². The maximum Gasteiger partial charge on any atom is 0.251 e. The summed E-state index contributed by atoms with van der Waals surface area (Å²) in [6.07, 6.45) is 1.66. The van der Waals surface area contributed by atoms with Gasteiger partial charge in [-0.2, -0.15) is 0 Å². The molecule has 0 bridgehead atoms. The number of ether oxygens (including phenoxy) is 1. The molecule has 16 heavy (non-hydrogen) atoms. The Kier molecular flexibility index (Phi) is 4.72. The number of nitrogens with one attached hydrogen (secondary N) is 1. The van der Waals surface area contributed by atoms with E-state index >= 15 is 0 Å². The number of carbonyl (C=O) groups is 1. The van der Waals surface area contributed by atoms with Crippen LogP contribution < -0.4 is 10.9 Å². The SMILES string of the molecule is COCCNC(=O)Cn1cc(C)ccc1=O. The van der Waals surface area contributed by atoms with Gasteiger partial charge in [0.2, 0.25) is 5.91 Å². The molecule has 0 aromatic carbocycles. The predicted molar refractivity (Wildman–Crippen MR) is 60.3 cm³/mol. The normalized spacial score (nSPS) is 10.1. The van der Waals surface area contributed by atoms with Crippen molar-refractivity contribution in [3.8, 4) is 0 Å². The van der Waals surface area contributed by atoms with Crippen LogP contribution in [-0.4, -0.2) is 30.7 Å². The minimum atomic E-state index is -0.190. The molecule has 5 nitrogen and oxygen atoms in total. The number of carbonyl (C=O) groups excluding carboxylic acids is 1. The number of aryl methyl sites for hydroxylation is 1. The van der Waals surface area contributed by atoms with E-state index < -0.39 is 0 Å². The highest BCUT2D eigenvalue weighted by Crippen LogP contribution is 1.91. The van der Waals surface area contributed by atoms with E-state index in [4.69, 9.17) is 4.74 Å². The molecule has 0 spiro atoms. The predicted octanol–water partition coefficient (Wildman–Crippen LogP) is -0.0807. The van der Waals surface area contributed by atoms with Crippen molar-refractivity contribution in [2.24, 2.45) is 0 Å². The zero-order valence-corrected chi connectivity index (χ0v) is 9.53. The molecule has 0 aliphatic heterocycles. The van der Waals surface area contributed by atoms with Crippen LogP contribution in [0.25, 0.3) is 0 Å². The summed E-state index contributed by atoms with van der Waals surface area (Å²) in [6, 6.07) is 3.18. The average Bonchev–Trinajstić information content (AvgIpc) is 2.24. The Balaban J connectivity index is 2.56. The van der Waals surface area contributed by atoms with E-state index in [2.05, 4.69) is 5.32 Å². The zero-order valence-electron chi connectivity index (χ0n) is 9.53. The standard InChI is InChI=1S/C11H16N2O3/c1-9-3-4-11(15)13(7-9)8-10(14)12-5-6-16-2/h3-4,7H,5-6,8H2,1-2H3,(H,12,14). The van der Waals surface area contributed by atoms with Crippen LogP contribution in [0, 0.1) is 6.92 Å². The molecular formula is C11H16N2O3. The van der Waals surface area contributed by atoms with Crippen molar-refractivity contribution >= 4 is 5.91 Å². The topological polar surface area (TPSA) is 60.3 Å². The second kappa shape index (κ2) is 6.07. The third-order valence-corrected chi connectivity index (χ3v) is 2.07. The Hall–Kier alpha value is -1.62. The van der Waals surface area contributed by atoms with Crippen LogP contribution in [0.2, 0.25) is 0 Å². The van der Waals surface area contributed by atoms with E-state index in [1.54, 1.807) is 19.4 Å². The molecule has 0 aliphatic rings. The maximum atomic E-state index is 11.4. The molecule has 1 aromatic rings. The molecule has 0 radical (unpaired) electrons. The van der Waals surface area contributed by atoms with Gasteiger partial charge in [-0.25, -0.2) is 0 Å². The third kappa shape index (κ3) is 3.86. The number of methoxy groups -OCH3 is 1. The van der Waals surface area contributed by atoms with Crippen molar-refractivity contribution in [2.75, 3.05) is 20.3 Å². The van der Waals surface area contributed by atoms with Gasteiger partial charge in [0.15, 0.2) is 0 Å². The minimum absolute atomic E-state index is 0.0459. The first-order valence-corrected chi connectivity index (χ1v) is 5.06. The van der Waals surface area contributed by atoms with Gasteiger partial charge in [-0.05, 0) is 12.5 Å². The fraction of sp³-hybridized carbons (Fsp3) is 0.455. The first kappa shape index (κ1) is 12.4. The lowest BCUT2D eigenvalue weighted by Crippen LogP contribution is -2.33. The van der Waals surface area contributed by atoms with E-state index in [1.165, 1.54) is 10.6 Å². The van der Waals surface area contributed by atoms with Gasteiger partial charge in [-0.1, -0.05) is 6.07 Å². The Morgan fingerprint density at radius 3 is 2.94 bits per heavy atom. The van der Waals surface area contributed by atoms with E-state index in [0.29, 0.717) is 13.2 Å². The summed E-state index contributed by atoms with van der Waals surface area (Å²) >= 11 is 0. The highest BCUT2D eigenvalue weighted by atomic mass is 16.5. The van der Waals surface area contributed by atoms with E-state index in [1.807, 2.05) is 6.92 Å². The maximum absolute atomic E-state index is 11.4. The van der Waals surface area contributed by atoms with Gasteiger partial charge in [0.25, 0.3) is 5.56 Å². The highest BCUT2D eigenvalue weighted by Gasteiger charge is 2.03. The lowest BCUT2D eigenvalue weighted by Gasteiger charge is -2.07. The van der Waals surface area contributed by atoms with Gasteiger partial charge >= 0.3 is 0 Å². The molecule has 1 heterocycles. The molecule has 1 rings (SSSR count). The summed E-state index contributed by atoms with van der Waals surface area (Å²) in [5.74, 6) is -0.190. The van der Waals surface area contributed by atoms with Gasteiger partial charge < -0.3 is 14.6 Å². The molecule has 1 aromatic heterocycles. The molecule has 0 fully saturated rings. The van der Waals surface area contributed by atoms with Crippen LogP contribution in [0.1, 0.15) is 5.56 Å². The molecule has 0 aliphatic carbocycles. The Labute approximate surface area is 94.0 Å². The van der Waals surface area contributed by atoms with Crippen molar-refractivity contribution in [1.82, 2.24) is 9.88 Å². The highest BCUT2D eigenvalue weighted by molar-refractivity contribution is 5.75. The zero-order chi connectivity index (χ0) is 12.0. The van der Waals surface area contributed by atoms with Crippen LogP contribution in [0.15, 0.2) is 23.1 Å². The van der Waals surface area contributed by atoms with E-state index in [9.17, 15) is 9.59 Å². The molecule has 0 atom stereocenters. The number of hydrogen-bond donors (Lipinski definition) is 1. The number of nitrogens with zero attached hydrogens (tertiary/aromatic N) is 1. The monoisotopic (exact) mass is 224 g/mol. The summed E-state index contributed by atoms with van der Waals surface area (Å²) in [6.45, 7) is 2.84. The van der Waals surface area contributed by atoms with Crippen molar-refractivity contribution in [2.45, 2.75) is 13.5 Å². The number of rotatable bonds is 5. The van der Waals surface area contributed by atoms with Gasteiger partial charge in [0.05, 0.1) is 6.61 Å². The first-order valence-electron chi connectivity index (χ1n) is 5.06. The van der Waals surface area contributed by atoms with Gasteiger partial charge in [-0.3, -0.25) is 9.59 Å². The van der Waals surface area contributed by atoms with Gasteiger partial charge in [-0.15, -0.1) is 0 Å². The second-order valence-electron chi connectivity index (χ2n) is 3.52. The van der Waals surface area contributed by atoms with Crippen LogP contribution in [-0.2, 0) is 16.1 Å². The quantitative estimate of drug-likeness (QED) is 0.712. The summed E-state index contributed by atoms with van der Waals surface area (Å²) in [5, 5.41) is 2.66. The number of amides is 1. The van der Waals surface area contributed by atoms with Crippen LogP contribution in [0.4, 0.5) is 0 Å². The summed E-state index contributed by atoms with van der Waals surface area (Å²) < 4.78 is 6.19. The molecule has 5 heteroatoms. The Morgan fingerprint density at radius 1 is 1.50 bits per heavy atom. The third-order valence-electron chi connectivity index (χ3n) is 2.07. The average molecular weight is 224 g/mol. The number of pyridine rings is 1. The van der Waals surface area contributed by atoms with Crippen molar-refractivity contribution in [3.05, 3.63) is 34.2 Å². The number of aromatic nitrogens is 1. The van der Waals surface area contributed by atoms with Gasteiger partial charge in [0.1, 0.15) is 6.54 Å². The molecule has 0 unspecified atom stereocenters. The van der Waals surface area contributed by atoms with Crippen LogP contribution in [0.5, 0.6) is 0 Å². The van der Waals surface area contributed by atoms with E-state index in [-0.39, 0.29) is 18.0 Å². The molecular weight excluding hydrogens is 208 g/mol. The van der Waals surface area contributed by atoms with E-state index in [0.717, 1.165) is 5.56 Å². The van der Waals surface area contributed by atoms with Gasteiger partial charge in [0, 0.05) is 25.9 Å². The van der Waals surface area contributed by atoms with Crippen LogP contribution >= 0.6 is 0 Å². The number of hydrogen-bond acceptors (Lipinski definition) is 3. The summed E-state index contributed by atoms with van der Waals surface area (Å²) in [7, 11) is 1.57. The fourth-order valence-electron chi connectivity index (χ4n) is 1.28. The van der Waals surface area contributed by atoms with Crippen molar-refractivity contribution < 1.29 is 9.53 Å². The minimum Gasteiger partial charge on any atom is -0.383 e. The summed E-state index contributed by atoms with van der Waals surface area (Å²) in [4.78, 5) is 22.8. The lowest BCUT2D eigenvalue weighted by molar-refractivity contribution is -0.121. The first-order chi connectivity index (χ1) is 7.63. The molecule has 88 valence electrons. The molecule has 0 saturated heterocycles. The van der Waals surface area contributed by atoms with Crippen molar-refractivity contribution in [1.29, 1.82) is 0 Å². The molecule has 0 saturated carbocycles. The molecule has 1 N–H and O–H groups in total. The largest absolute Gasteiger partial charge is 0.383 e. The molecule has 1 amide bonds. The Morgan fingerprint density at radius 2 is 2.25 bits per heavy atom. The Bertz CT molecular complexity index is 412. The smallest absolute Gasteiger partial charge is 0.251 e. The second-order valence-corrected chi connectivity index (χ2v) is 3.52. The lowest BCUT2D eigenvalue weighted by atomic mass is 10.3. The summed E-state index contributed by atoms with van der Waals surface area (Å²) in [5.41, 5.74) is 0.775. The van der Waals surface area contributed by atoms with Crippen LogP contribution in [0.3, 0.4) is 0 Å².